The van der Waals surface area contributed by atoms with Crippen LogP contribution in [0.25, 0.3) is 0 Å². The molecular formula is C18H38ClN5O6S2. The van der Waals surface area contributed by atoms with Crippen LogP contribution in [-0.2, 0) is 29.6 Å². The maximum absolute atomic E-state index is 11.6. The second-order valence-electron chi connectivity index (χ2n) is 7.61. The summed E-state index contributed by atoms with van der Waals surface area (Å²) in [5.41, 5.74) is -0.827. The van der Waals surface area contributed by atoms with E-state index in [4.69, 9.17) is 16.3 Å². The van der Waals surface area contributed by atoms with Crippen molar-refractivity contribution in [1.82, 2.24) is 15.1 Å². The molecule has 190 valence electrons. The first-order valence-corrected chi connectivity index (χ1v) is 13.7. The van der Waals surface area contributed by atoms with Gasteiger partial charge in [-0.25, -0.2) is 16.8 Å². The molecule has 0 aliphatic rings. The summed E-state index contributed by atoms with van der Waals surface area (Å²) in [6.45, 7) is 5.84. The first-order chi connectivity index (χ1) is 14.6. The van der Waals surface area contributed by atoms with E-state index in [1.165, 1.54) is 12.7 Å². The molecule has 0 aliphatic carbocycles. The maximum Gasteiger partial charge on any atom is 0.325 e. The number of rotatable bonds is 14. The minimum absolute atomic E-state index is 0.0147. The number of hydrogen-bond acceptors (Lipinski definition) is 7. The summed E-state index contributed by atoms with van der Waals surface area (Å²) in [4.78, 5) is 14.7. The third-order valence-corrected chi connectivity index (χ3v) is 6.05. The number of alkyl halides is 1. The molecule has 0 fully saturated rings. The molecule has 0 spiro atoms. The molecule has 0 atom stereocenters. The maximum atomic E-state index is 11.6. The lowest BCUT2D eigenvalue weighted by atomic mass is 10.1. The molecule has 0 radical (unpaired) electrons. The summed E-state index contributed by atoms with van der Waals surface area (Å²) in [6.07, 6.45) is 3.33. The number of carbonyl (C=O) groups excluding carboxylic acids is 1. The highest BCUT2D eigenvalue weighted by Gasteiger charge is 2.28. The fourth-order valence-electron chi connectivity index (χ4n) is 1.71. The van der Waals surface area contributed by atoms with Crippen LogP contribution in [0.1, 0.15) is 33.6 Å². The van der Waals surface area contributed by atoms with Gasteiger partial charge in [-0.05, 0) is 40.2 Å². The topological polar surface area (TPSA) is 138 Å². The molecule has 0 unspecified atom stereocenters. The summed E-state index contributed by atoms with van der Waals surface area (Å²) in [6, 6.07) is 0. The summed E-state index contributed by atoms with van der Waals surface area (Å²) in [5, 5.41) is 2.98. The Hall–Kier alpha value is -1.44. The van der Waals surface area contributed by atoms with Gasteiger partial charge in [-0.3, -0.25) is 4.79 Å². The van der Waals surface area contributed by atoms with Crippen LogP contribution >= 0.6 is 11.6 Å². The van der Waals surface area contributed by atoms with E-state index in [0.29, 0.717) is 31.9 Å². The Bertz CT molecular complexity index is 797. The van der Waals surface area contributed by atoms with E-state index >= 15 is 0 Å². The number of carbonyl (C=O) groups is 1. The number of ether oxygens (including phenoxy) is 1. The highest BCUT2D eigenvalue weighted by Crippen LogP contribution is 2.05. The number of nitrogens with zero attached hydrogens (tertiary/aromatic N) is 4. The molecule has 32 heavy (non-hydrogen) atoms. The third kappa shape index (κ3) is 19.3. The molecular weight excluding hydrogens is 482 g/mol. The Kier molecular flexibility index (Phi) is 16.6. The lowest BCUT2D eigenvalue weighted by molar-refractivity contribution is -0.149. The van der Waals surface area contributed by atoms with Crippen LogP contribution in [0.2, 0.25) is 0 Å². The SMILES string of the molecule is CCOC(=O)C(C)(C)NCCCS(=O)(=O)N=CN(C)C.CN(C)C=NS(=O)(=O)CCCCl. The zero-order chi connectivity index (χ0) is 25.4. The second kappa shape index (κ2) is 16.2. The Morgan fingerprint density at radius 1 is 0.969 bits per heavy atom. The molecule has 0 aromatic rings. The molecule has 0 heterocycles. The van der Waals surface area contributed by atoms with E-state index in [0.717, 1.165) is 0 Å². The summed E-state index contributed by atoms with van der Waals surface area (Å²) >= 11 is 5.34. The van der Waals surface area contributed by atoms with Crippen molar-refractivity contribution in [3.05, 3.63) is 0 Å². The van der Waals surface area contributed by atoms with E-state index in [2.05, 4.69) is 14.1 Å². The quantitative estimate of drug-likeness (QED) is 0.116. The van der Waals surface area contributed by atoms with Crippen molar-refractivity contribution >= 4 is 50.3 Å². The second-order valence-corrected chi connectivity index (χ2v) is 11.6. The van der Waals surface area contributed by atoms with Crippen molar-refractivity contribution in [1.29, 1.82) is 0 Å². The lowest BCUT2D eigenvalue weighted by Gasteiger charge is -2.23. The van der Waals surface area contributed by atoms with Crippen molar-refractivity contribution in [2.45, 2.75) is 39.2 Å². The minimum atomic E-state index is -3.45. The highest BCUT2D eigenvalue weighted by atomic mass is 35.5. The van der Waals surface area contributed by atoms with Gasteiger partial charge >= 0.3 is 5.97 Å². The predicted molar refractivity (Wildman–Crippen MR) is 131 cm³/mol. The normalized spacial score (nSPS) is 12.5. The fraction of sp³-hybridized carbons (Fsp3) is 0.833. The average Bonchev–Trinajstić information content (AvgIpc) is 2.68. The standard InChI is InChI=1S/C12H25N3O4S.C6H13ClN2O2S/c1-6-19-11(16)12(2,3)13-8-7-9-20(17,18)14-10-15(4)5;1-9(2)6-8-12(10,11)5-3-4-7/h10,13H,6-9H2,1-5H3;6H,3-5H2,1-2H3. The molecule has 0 aliphatic heterocycles. The summed E-state index contributed by atoms with van der Waals surface area (Å²) in [5.74, 6) is -0.0608. The number of nitrogens with one attached hydrogen (secondary N) is 1. The predicted octanol–water partition coefficient (Wildman–Crippen LogP) is 0.763. The summed E-state index contributed by atoms with van der Waals surface area (Å²) in [7, 11) is 0.0628. The Balaban J connectivity index is 0. The van der Waals surface area contributed by atoms with Crippen molar-refractivity contribution in [3.8, 4) is 0 Å². The first kappa shape index (κ1) is 32.7. The van der Waals surface area contributed by atoms with Crippen LogP contribution < -0.4 is 5.32 Å². The van der Waals surface area contributed by atoms with Crippen LogP contribution in [0, 0.1) is 0 Å². The minimum Gasteiger partial charge on any atom is -0.465 e. The van der Waals surface area contributed by atoms with Crippen molar-refractivity contribution in [2.75, 3.05) is 58.7 Å². The number of sulfonamides is 2. The molecule has 0 aromatic heterocycles. The van der Waals surface area contributed by atoms with Crippen LogP contribution in [0.4, 0.5) is 0 Å². The number of hydrogen-bond donors (Lipinski definition) is 1. The van der Waals surface area contributed by atoms with Crippen molar-refractivity contribution < 1.29 is 26.4 Å². The highest BCUT2D eigenvalue weighted by molar-refractivity contribution is 7.90. The zero-order valence-corrected chi connectivity index (χ0v) is 22.4. The van der Waals surface area contributed by atoms with Crippen LogP contribution in [0.15, 0.2) is 8.80 Å². The number of halogens is 1. The van der Waals surface area contributed by atoms with Gasteiger partial charge < -0.3 is 19.9 Å². The van der Waals surface area contributed by atoms with Gasteiger partial charge in [0.15, 0.2) is 0 Å². The molecule has 0 saturated carbocycles. The van der Waals surface area contributed by atoms with Crippen LogP contribution in [0.3, 0.4) is 0 Å². The van der Waals surface area contributed by atoms with Gasteiger partial charge in [-0.2, -0.15) is 8.80 Å². The molecule has 0 saturated heterocycles. The van der Waals surface area contributed by atoms with E-state index in [-0.39, 0.29) is 17.5 Å². The Morgan fingerprint density at radius 2 is 1.41 bits per heavy atom. The smallest absolute Gasteiger partial charge is 0.325 e. The van der Waals surface area contributed by atoms with Gasteiger partial charge in [0.25, 0.3) is 20.0 Å². The van der Waals surface area contributed by atoms with Gasteiger partial charge in [0.05, 0.1) is 18.1 Å². The Morgan fingerprint density at radius 3 is 1.78 bits per heavy atom. The molecule has 0 amide bonds. The molecule has 11 nitrogen and oxygen atoms in total. The van der Waals surface area contributed by atoms with Crippen molar-refractivity contribution in [3.63, 3.8) is 0 Å². The van der Waals surface area contributed by atoms with Gasteiger partial charge in [-0.15, -0.1) is 11.6 Å². The zero-order valence-electron chi connectivity index (χ0n) is 20.0. The van der Waals surface area contributed by atoms with Gasteiger partial charge in [0.1, 0.15) is 18.2 Å². The largest absolute Gasteiger partial charge is 0.465 e. The molecule has 0 rings (SSSR count). The summed E-state index contributed by atoms with van der Waals surface area (Å²) < 4.78 is 57.0. The van der Waals surface area contributed by atoms with E-state index < -0.39 is 25.6 Å². The monoisotopic (exact) mass is 519 g/mol. The fourth-order valence-corrected chi connectivity index (χ4v) is 3.90. The van der Waals surface area contributed by atoms with E-state index in [1.807, 2.05) is 0 Å². The molecule has 14 heteroatoms. The van der Waals surface area contributed by atoms with Gasteiger partial charge in [0.2, 0.25) is 0 Å². The Labute approximate surface area is 198 Å². The molecule has 0 bridgehead atoms. The van der Waals surface area contributed by atoms with Crippen LogP contribution in [-0.4, -0.2) is 110 Å². The first-order valence-electron chi connectivity index (χ1n) is 9.96. The lowest BCUT2D eigenvalue weighted by Crippen LogP contribution is -2.48. The van der Waals surface area contributed by atoms with Gasteiger partial charge in [-0.1, -0.05) is 0 Å². The van der Waals surface area contributed by atoms with Crippen LogP contribution in [0.5, 0.6) is 0 Å². The third-order valence-electron chi connectivity index (χ3n) is 3.35. The van der Waals surface area contributed by atoms with Gasteiger partial charge in [0, 0.05) is 34.1 Å². The molecule has 1 N–H and O–H groups in total. The van der Waals surface area contributed by atoms with Crippen molar-refractivity contribution in [2.24, 2.45) is 8.80 Å². The number of esters is 1. The van der Waals surface area contributed by atoms with E-state index in [9.17, 15) is 21.6 Å². The average molecular weight is 520 g/mol. The molecule has 0 aromatic carbocycles. The van der Waals surface area contributed by atoms with E-state index in [1.54, 1.807) is 58.8 Å².